The zero-order chi connectivity index (χ0) is 11.7. The Morgan fingerprint density at radius 1 is 1.40 bits per heavy atom. The van der Waals surface area contributed by atoms with Gasteiger partial charge in [-0.2, -0.15) is 0 Å². The molecule has 15 heavy (non-hydrogen) atoms. The molecule has 0 spiro atoms. The number of methoxy groups -OCH3 is 1. The van der Waals surface area contributed by atoms with Gasteiger partial charge in [-0.25, -0.2) is 0 Å². The van der Waals surface area contributed by atoms with Crippen molar-refractivity contribution in [1.29, 1.82) is 0 Å². The summed E-state index contributed by atoms with van der Waals surface area (Å²) >= 11 is 0. The highest BCUT2D eigenvalue weighted by atomic mass is 16.7. The number of aliphatic hydroxyl groups excluding tert-OH is 3. The van der Waals surface area contributed by atoms with Crippen molar-refractivity contribution in [3.63, 3.8) is 0 Å². The van der Waals surface area contributed by atoms with Crippen molar-refractivity contribution in [3.8, 4) is 0 Å². The average Bonchev–Trinajstić information content (AvgIpc) is 2.27. The van der Waals surface area contributed by atoms with Crippen LogP contribution in [0.2, 0.25) is 0 Å². The highest BCUT2D eigenvalue weighted by Gasteiger charge is 2.25. The lowest BCUT2D eigenvalue weighted by Crippen LogP contribution is -2.41. The maximum Gasteiger partial charge on any atom is 0.146 e. The molecule has 3 atom stereocenters. The molecule has 0 aromatic heterocycles. The number of ether oxygens (including phenoxy) is 2. The zero-order valence-corrected chi connectivity index (χ0v) is 9.00. The summed E-state index contributed by atoms with van der Waals surface area (Å²) in [6.45, 7) is 3.10. The molecule has 90 valence electrons. The molecular weight excluding hydrogens is 200 g/mol. The predicted octanol–water partition coefficient (Wildman–Crippen LogP) is -0.344. The highest BCUT2D eigenvalue weighted by molar-refractivity contribution is 4.79. The lowest BCUT2D eigenvalue weighted by atomic mass is 10.0. The van der Waals surface area contributed by atoms with Crippen molar-refractivity contribution in [2.75, 3.05) is 20.5 Å². The summed E-state index contributed by atoms with van der Waals surface area (Å²) in [5.41, 5.74) is 0. The van der Waals surface area contributed by atoms with Gasteiger partial charge in [0.2, 0.25) is 0 Å². The maximum absolute atomic E-state index is 9.61. The van der Waals surface area contributed by atoms with E-state index >= 15 is 0 Å². The van der Waals surface area contributed by atoms with Gasteiger partial charge in [0.05, 0.1) is 12.7 Å². The topological polar surface area (TPSA) is 79.2 Å². The van der Waals surface area contributed by atoms with Gasteiger partial charge in [0, 0.05) is 7.11 Å². The SMILES string of the molecule is C=CCC[C@@H](OCOC)[C@H](O)[C@@H](O)CO. The van der Waals surface area contributed by atoms with Crippen LogP contribution in [0.4, 0.5) is 0 Å². The number of aliphatic hydroxyl groups is 3. The molecule has 0 aromatic rings. The monoisotopic (exact) mass is 220 g/mol. The Hall–Kier alpha value is -0.460. The van der Waals surface area contributed by atoms with Gasteiger partial charge < -0.3 is 24.8 Å². The van der Waals surface area contributed by atoms with Crippen LogP contribution in [-0.4, -0.2) is 54.1 Å². The molecule has 5 heteroatoms. The highest BCUT2D eigenvalue weighted by Crippen LogP contribution is 2.11. The van der Waals surface area contributed by atoms with Gasteiger partial charge in [-0.05, 0) is 12.8 Å². The standard InChI is InChI=1S/C10H20O5/c1-3-4-5-9(15-7-14-2)10(13)8(12)6-11/h3,8-13H,1,4-7H2,2H3/t8-,9+,10+/m0/s1. The Labute approximate surface area is 89.9 Å². The van der Waals surface area contributed by atoms with Crippen molar-refractivity contribution in [2.24, 2.45) is 0 Å². The third-order valence-electron chi connectivity index (χ3n) is 2.02. The van der Waals surface area contributed by atoms with Crippen LogP contribution in [0.1, 0.15) is 12.8 Å². The summed E-state index contributed by atoms with van der Waals surface area (Å²) < 4.78 is 9.90. The Bertz CT molecular complexity index is 162. The first-order valence-electron chi connectivity index (χ1n) is 4.85. The molecule has 0 heterocycles. The smallest absolute Gasteiger partial charge is 0.146 e. The largest absolute Gasteiger partial charge is 0.394 e. The molecule has 0 saturated heterocycles. The molecule has 0 rings (SSSR count). The Balaban J connectivity index is 4.12. The molecule has 5 nitrogen and oxygen atoms in total. The summed E-state index contributed by atoms with van der Waals surface area (Å²) in [5, 5.41) is 27.5. The summed E-state index contributed by atoms with van der Waals surface area (Å²) in [4.78, 5) is 0. The fourth-order valence-electron chi connectivity index (χ4n) is 1.15. The molecule has 0 aliphatic heterocycles. The molecule has 0 amide bonds. The fraction of sp³-hybridized carbons (Fsp3) is 0.800. The lowest BCUT2D eigenvalue weighted by Gasteiger charge is -2.25. The molecule has 0 aliphatic rings. The number of hydrogen-bond donors (Lipinski definition) is 3. The van der Waals surface area contributed by atoms with E-state index in [4.69, 9.17) is 14.6 Å². The molecule has 0 saturated carbocycles. The van der Waals surface area contributed by atoms with Gasteiger partial charge in [-0.3, -0.25) is 0 Å². The van der Waals surface area contributed by atoms with Crippen molar-refractivity contribution >= 4 is 0 Å². The van der Waals surface area contributed by atoms with E-state index in [0.29, 0.717) is 12.8 Å². The second-order valence-electron chi connectivity index (χ2n) is 3.22. The van der Waals surface area contributed by atoms with Crippen molar-refractivity contribution in [2.45, 2.75) is 31.2 Å². The van der Waals surface area contributed by atoms with E-state index in [2.05, 4.69) is 6.58 Å². The van der Waals surface area contributed by atoms with Crippen LogP contribution < -0.4 is 0 Å². The van der Waals surface area contributed by atoms with Crippen LogP contribution in [0.15, 0.2) is 12.7 Å². The normalized spacial score (nSPS) is 17.1. The first kappa shape index (κ1) is 14.5. The minimum atomic E-state index is -1.20. The van der Waals surface area contributed by atoms with Gasteiger partial charge in [-0.1, -0.05) is 6.08 Å². The third kappa shape index (κ3) is 5.86. The number of rotatable bonds is 9. The number of allylic oxidation sites excluding steroid dienone is 1. The molecule has 0 aliphatic carbocycles. The molecule has 0 unspecified atom stereocenters. The van der Waals surface area contributed by atoms with Gasteiger partial charge in [-0.15, -0.1) is 6.58 Å². The quantitative estimate of drug-likeness (QED) is 0.366. The first-order valence-corrected chi connectivity index (χ1v) is 4.85. The van der Waals surface area contributed by atoms with E-state index < -0.39 is 24.9 Å². The lowest BCUT2D eigenvalue weighted by molar-refractivity contribution is -0.145. The second-order valence-corrected chi connectivity index (χ2v) is 3.22. The van der Waals surface area contributed by atoms with Gasteiger partial charge in [0.25, 0.3) is 0 Å². The van der Waals surface area contributed by atoms with Crippen molar-refractivity contribution in [3.05, 3.63) is 12.7 Å². The average molecular weight is 220 g/mol. The number of hydrogen-bond acceptors (Lipinski definition) is 5. The molecule has 0 aromatic carbocycles. The molecule has 0 bridgehead atoms. The van der Waals surface area contributed by atoms with E-state index in [0.717, 1.165) is 0 Å². The van der Waals surface area contributed by atoms with E-state index in [-0.39, 0.29) is 6.79 Å². The second kappa shape index (κ2) is 8.82. The Morgan fingerprint density at radius 2 is 2.07 bits per heavy atom. The van der Waals surface area contributed by atoms with Gasteiger partial charge >= 0.3 is 0 Å². The molecule has 0 fully saturated rings. The zero-order valence-electron chi connectivity index (χ0n) is 9.00. The molecular formula is C10H20O5. The third-order valence-corrected chi connectivity index (χ3v) is 2.02. The van der Waals surface area contributed by atoms with Crippen LogP contribution >= 0.6 is 0 Å². The van der Waals surface area contributed by atoms with Gasteiger partial charge in [0.15, 0.2) is 0 Å². The van der Waals surface area contributed by atoms with E-state index in [1.807, 2.05) is 0 Å². The van der Waals surface area contributed by atoms with Crippen LogP contribution in [-0.2, 0) is 9.47 Å². The minimum Gasteiger partial charge on any atom is -0.394 e. The fourth-order valence-corrected chi connectivity index (χ4v) is 1.15. The van der Waals surface area contributed by atoms with Gasteiger partial charge in [0.1, 0.15) is 19.0 Å². The van der Waals surface area contributed by atoms with E-state index in [1.54, 1.807) is 6.08 Å². The minimum absolute atomic E-state index is 0.0387. The van der Waals surface area contributed by atoms with Crippen LogP contribution in [0, 0.1) is 0 Å². The summed E-state index contributed by atoms with van der Waals surface area (Å²) in [5.74, 6) is 0. The molecule has 0 radical (unpaired) electrons. The predicted molar refractivity (Wildman–Crippen MR) is 55.3 cm³/mol. The maximum atomic E-state index is 9.61. The summed E-state index contributed by atoms with van der Waals surface area (Å²) in [6, 6.07) is 0. The van der Waals surface area contributed by atoms with Crippen LogP contribution in [0.3, 0.4) is 0 Å². The van der Waals surface area contributed by atoms with Crippen molar-refractivity contribution < 1.29 is 24.8 Å². The first-order chi connectivity index (χ1) is 7.17. The Kier molecular flexibility index (Phi) is 8.55. The van der Waals surface area contributed by atoms with Crippen LogP contribution in [0.5, 0.6) is 0 Å². The van der Waals surface area contributed by atoms with Crippen molar-refractivity contribution in [1.82, 2.24) is 0 Å². The van der Waals surface area contributed by atoms with E-state index in [9.17, 15) is 10.2 Å². The van der Waals surface area contributed by atoms with Crippen LogP contribution in [0.25, 0.3) is 0 Å². The summed E-state index contributed by atoms with van der Waals surface area (Å²) in [6.07, 6.45) is -0.0116. The molecule has 3 N–H and O–H groups in total. The Morgan fingerprint density at radius 3 is 2.53 bits per heavy atom. The van der Waals surface area contributed by atoms with E-state index in [1.165, 1.54) is 7.11 Å². The summed E-state index contributed by atoms with van der Waals surface area (Å²) in [7, 11) is 1.47.